The van der Waals surface area contributed by atoms with Crippen LogP contribution in [0.2, 0.25) is 0 Å². The van der Waals surface area contributed by atoms with Crippen LogP contribution in [-0.4, -0.2) is 31.2 Å². The molecule has 0 aliphatic heterocycles. The van der Waals surface area contributed by atoms with E-state index in [4.69, 9.17) is 5.11 Å². The molecule has 3 aromatic rings. The summed E-state index contributed by atoms with van der Waals surface area (Å²) < 4.78 is 1.55. The topological polar surface area (TPSA) is 88.2 Å². The molecule has 3 rings (SSSR count). The zero-order valence-electron chi connectivity index (χ0n) is 12.5. The van der Waals surface area contributed by atoms with Crippen LogP contribution >= 0.6 is 0 Å². The van der Waals surface area contributed by atoms with E-state index in [1.54, 1.807) is 16.8 Å². The highest BCUT2D eigenvalue weighted by atomic mass is 16.4. The van der Waals surface area contributed by atoms with Crippen LogP contribution in [0.3, 0.4) is 0 Å². The van der Waals surface area contributed by atoms with E-state index in [9.17, 15) is 9.90 Å². The van der Waals surface area contributed by atoms with Crippen LogP contribution in [0.1, 0.15) is 21.6 Å². The first-order chi connectivity index (χ1) is 11.1. The molecule has 2 aromatic carbocycles. The number of rotatable bonds is 4. The number of hydrogen-bond donors (Lipinski definition) is 2. The van der Waals surface area contributed by atoms with Gasteiger partial charge in [0.2, 0.25) is 0 Å². The number of aromatic carboxylic acids is 1. The van der Waals surface area contributed by atoms with E-state index in [1.807, 2.05) is 31.2 Å². The first-order valence-electron chi connectivity index (χ1n) is 7.06. The maximum Gasteiger partial charge on any atom is 0.335 e. The second-order valence-corrected chi connectivity index (χ2v) is 5.18. The summed E-state index contributed by atoms with van der Waals surface area (Å²) in [5, 5.41) is 26.8. The third kappa shape index (κ3) is 2.84. The fourth-order valence-electron chi connectivity index (χ4n) is 2.45. The molecule has 0 aliphatic rings. The predicted octanol–water partition coefficient (Wildman–Crippen LogP) is 2.43. The number of aliphatic hydroxyl groups excluding tert-OH is 1. The van der Waals surface area contributed by atoms with E-state index in [1.165, 1.54) is 12.1 Å². The van der Waals surface area contributed by atoms with Crippen molar-refractivity contribution in [3.8, 4) is 16.9 Å². The third-order valence-corrected chi connectivity index (χ3v) is 3.52. The Morgan fingerprint density at radius 2 is 1.96 bits per heavy atom. The number of carboxylic acids is 1. The molecule has 0 radical (unpaired) electrons. The van der Waals surface area contributed by atoms with Crippen molar-refractivity contribution in [1.82, 2.24) is 15.0 Å². The van der Waals surface area contributed by atoms with Gasteiger partial charge in [0.05, 0.1) is 17.9 Å². The number of nitrogens with zero attached hydrogens (tertiary/aromatic N) is 3. The summed E-state index contributed by atoms with van der Waals surface area (Å²) in [4.78, 5) is 11.2. The van der Waals surface area contributed by atoms with Crippen LogP contribution in [0.25, 0.3) is 16.9 Å². The molecule has 23 heavy (non-hydrogen) atoms. The minimum absolute atomic E-state index is 0.166. The zero-order valence-corrected chi connectivity index (χ0v) is 12.5. The average molecular weight is 309 g/mol. The van der Waals surface area contributed by atoms with Crippen molar-refractivity contribution < 1.29 is 15.0 Å². The molecule has 0 saturated carbocycles. The standard InChI is InChI=1S/C17H15N3O3/c1-11-4-2-5-12(8-11)16-15(10-21)18-19-20(16)14-7-3-6-13(9-14)17(22)23/h2-9,21H,10H2,1H3,(H,22,23). The van der Waals surface area contributed by atoms with Crippen LogP contribution in [0.15, 0.2) is 48.5 Å². The zero-order chi connectivity index (χ0) is 16.4. The molecule has 1 aromatic heterocycles. The fraction of sp³-hybridized carbons (Fsp3) is 0.118. The number of benzene rings is 2. The maximum atomic E-state index is 11.2. The van der Waals surface area contributed by atoms with Crippen molar-refractivity contribution in [3.05, 3.63) is 65.4 Å². The molecular formula is C17H15N3O3. The Kier molecular flexibility index (Phi) is 3.91. The van der Waals surface area contributed by atoms with Gasteiger partial charge in [-0.3, -0.25) is 0 Å². The molecular weight excluding hydrogens is 294 g/mol. The third-order valence-electron chi connectivity index (χ3n) is 3.52. The molecule has 0 fully saturated rings. The summed E-state index contributed by atoms with van der Waals surface area (Å²) in [5.41, 5.74) is 3.76. The molecule has 0 amide bonds. The summed E-state index contributed by atoms with van der Waals surface area (Å²) in [6, 6.07) is 14.2. The lowest BCUT2D eigenvalue weighted by Crippen LogP contribution is -2.03. The van der Waals surface area contributed by atoms with Gasteiger partial charge in [0.25, 0.3) is 0 Å². The lowest BCUT2D eigenvalue weighted by Gasteiger charge is -2.09. The Morgan fingerprint density at radius 1 is 1.17 bits per heavy atom. The van der Waals surface area contributed by atoms with E-state index >= 15 is 0 Å². The normalized spacial score (nSPS) is 10.7. The molecule has 0 saturated heterocycles. The van der Waals surface area contributed by atoms with Gasteiger partial charge < -0.3 is 10.2 Å². The van der Waals surface area contributed by atoms with Crippen LogP contribution in [0, 0.1) is 6.92 Å². The summed E-state index contributed by atoms with van der Waals surface area (Å²) in [5.74, 6) is -1.01. The molecule has 0 aliphatic carbocycles. The van der Waals surface area contributed by atoms with Gasteiger partial charge in [-0.05, 0) is 31.2 Å². The molecule has 6 heteroatoms. The van der Waals surface area contributed by atoms with Gasteiger partial charge in [-0.1, -0.05) is 35.0 Å². The van der Waals surface area contributed by atoms with Gasteiger partial charge >= 0.3 is 5.97 Å². The summed E-state index contributed by atoms with van der Waals surface area (Å²) in [6.07, 6.45) is 0. The monoisotopic (exact) mass is 309 g/mol. The van der Waals surface area contributed by atoms with Gasteiger partial charge in [-0.25, -0.2) is 9.48 Å². The van der Waals surface area contributed by atoms with E-state index in [0.717, 1.165) is 11.1 Å². The molecule has 116 valence electrons. The second kappa shape index (κ2) is 6.02. The molecule has 2 N–H and O–H groups in total. The predicted molar refractivity (Wildman–Crippen MR) is 84.4 cm³/mol. The van der Waals surface area contributed by atoms with Crippen molar-refractivity contribution >= 4 is 5.97 Å². The highest BCUT2D eigenvalue weighted by Gasteiger charge is 2.16. The number of carbonyl (C=O) groups is 1. The van der Waals surface area contributed by atoms with Crippen LogP contribution in [0.4, 0.5) is 0 Å². The highest BCUT2D eigenvalue weighted by Crippen LogP contribution is 2.26. The number of aryl methyl sites for hydroxylation is 1. The van der Waals surface area contributed by atoms with Crippen molar-refractivity contribution in [3.63, 3.8) is 0 Å². The Hall–Kier alpha value is -2.99. The van der Waals surface area contributed by atoms with E-state index in [0.29, 0.717) is 17.1 Å². The van der Waals surface area contributed by atoms with Crippen molar-refractivity contribution in [2.45, 2.75) is 13.5 Å². The Morgan fingerprint density at radius 3 is 2.65 bits per heavy atom. The number of aromatic nitrogens is 3. The highest BCUT2D eigenvalue weighted by molar-refractivity contribution is 5.88. The summed E-state index contributed by atoms with van der Waals surface area (Å²) >= 11 is 0. The van der Waals surface area contributed by atoms with Gasteiger partial charge in [0, 0.05) is 5.56 Å². The number of aliphatic hydroxyl groups is 1. The molecule has 0 bridgehead atoms. The Balaban J connectivity index is 2.20. The van der Waals surface area contributed by atoms with Gasteiger partial charge in [-0.15, -0.1) is 5.10 Å². The lowest BCUT2D eigenvalue weighted by atomic mass is 10.1. The lowest BCUT2D eigenvalue weighted by molar-refractivity contribution is 0.0697. The maximum absolute atomic E-state index is 11.2. The van der Waals surface area contributed by atoms with Crippen LogP contribution < -0.4 is 0 Å². The first kappa shape index (κ1) is 14.9. The van der Waals surface area contributed by atoms with E-state index in [-0.39, 0.29) is 12.2 Å². The first-order valence-corrected chi connectivity index (χ1v) is 7.06. The smallest absolute Gasteiger partial charge is 0.335 e. The fourth-order valence-corrected chi connectivity index (χ4v) is 2.45. The number of hydrogen-bond acceptors (Lipinski definition) is 4. The van der Waals surface area contributed by atoms with Crippen LogP contribution in [0.5, 0.6) is 0 Å². The Labute approximate surface area is 132 Å². The van der Waals surface area contributed by atoms with Gasteiger partial charge in [0.1, 0.15) is 11.4 Å². The van der Waals surface area contributed by atoms with Crippen molar-refractivity contribution in [2.75, 3.05) is 0 Å². The SMILES string of the molecule is Cc1cccc(-c2c(CO)nnn2-c2cccc(C(=O)O)c2)c1. The van der Waals surface area contributed by atoms with E-state index in [2.05, 4.69) is 10.3 Å². The van der Waals surface area contributed by atoms with Crippen molar-refractivity contribution in [1.29, 1.82) is 0 Å². The average Bonchev–Trinajstić information content (AvgIpc) is 2.99. The van der Waals surface area contributed by atoms with Crippen LogP contribution in [-0.2, 0) is 6.61 Å². The molecule has 0 atom stereocenters. The van der Waals surface area contributed by atoms with Gasteiger partial charge in [-0.2, -0.15) is 0 Å². The molecule has 0 unspecified atom stereocenters. The largest absolute Gasteiger partial charge is 0.478 e. The second-order valence-electron chi connectivity index (χ2n) is 5.18. The molecule has 1 heterocycles. The molecule has 0 spiro atoms. The minimum atomic E-state index is -1.01. The van der Waals surface area contributed by atoms with Gasteiger partial charge in [0.15, 0.2) is 0 Å². The number of carboxylic acid groups (broad SMARTS) is 1. The van der Waals surface area contributed by atoms with E-state index < -0.39 is 5.97 Å². The summed E-state index contributed by atoms with van der Waals surface area (Å²) in [6.45, 7) is 1.73. The summed E-state index contributed by atoms with van der Waals surface area (Å²) in [7, 11) is 0. The minimum Gasteiger partial charge on any atom is -0.478 e. The van der Waals surface area contributed by atoms with Crippen molar-refractivity contribution in [2.24, 2.45) is 0 Å². The quantitative estimate of drug-likeness (QED) is 0.772. The molecule has 6 nitrogen and oxygen atoms in total. The Bertz CT molecular complexity index is 871.